The van der Waals surface area contributed by atoms with Gasteiger partial charge in [0.15, 0.2) is 12.1 Å². The van der Waals surface area contributed by atoms with E-state index in [1.54, 1.807) is 7.11 Å². The lowest BCUT2D eigenvalue weighted by molar-refractivity contribution is -0.265. The van der Waals surface area contributed by atoms with Gasteiger partial charge in [0.1, 0.15) is 5.75 Å². The van der Waals surface area contributed by atoms with Gasteiger partial charge in [-0.3, -0.25) is 0 Å². The third-order valence-corrected chi connectivity index (χ3v) is 9.48. The van der Waals surface area contributed by atoms with E-state index in [1.807, 2.05) is 44.2 Å². The fourth-order valence-corrected chi connectivity index (χ4v) is 6.75. The summed E-state index contributed by atoms with van der Waals surface area (Å²) in [5.41, 5.74) is 2.14. The quantitative estimate of drug-likeness (QED) is 0.228. The molecule has 3 fully saturated rings. The average Bonchev–Trinajstić information content (AvgIpc) is 3.38. The van der Waals surface area contributed by atoms with Gasteiger partial charge in [0.05, 0.1) is 57.5 Å². The zero-order chi connectivity index (χ0) is 31.2. The van der Waals surface area contributed by atoms with Crippen molar-refractivity contribution in [2.45, 2.75) is 129 Å². The molecule has 0 spiro atoms. The van der Waals surface area contributed by atoms with E-state index in [-0.39, 0.29) is 35.9 Å². The first kappa shape index (κ1) is 33.4. The molecule has 0 aromatic heterocycles. The Morgan fingerprint density at radius 3 is 2.41 bits per heavy atom. The molecular weight excluding hydrogens is 556 g/mol. The molecule has 0 saturated carbocycles. The number of hydrogen-bond acceptors (Lipinski definition) is 7. The molecule has 2 aromatic rings. The van der Waals surface area contributed by atoms with Crippen molar-refractivity contribution in [2.24, 2.45) is 11.3 Å². The lowest BCUT2D eigenvalue weighted by atomic mass is 9.82. The smallest absolute Gasteiger partial charge is 0.184 e. The molecule has 5 rings (SSSR count). The molecule has 44 heavy (non-hydrogen) atoms. The molecule has 3 heterocycles. The SMILES string of the molecule is COc1ccc(C2O[C@@H](C[C@@H]3CCC[C@H](C(C)(C)COCc4ccccc4)O3)C[C@H]([C@@H](C)CC[C@@H]3COC(C)(C)O3)O2)cc1. The second-order valence-electron chi connectivity index (χ2n) is 14.2. The third kappa shape index (κ3) is 9.27. The Labute approximate surface area is 264 Å². The summed E-state index contributed by atoms with van der Waals surface area (Å²) in [6, 6.07) is 18.4. The summed E-state index contributed by atoms with van der Waals surface area (Å²) in [6.45, 7) is 12.8. The first-order valence-corrected chi connectivity index (χ1v) is 16.6. The molecule has 0 N–H and O–H groups in total. The summed E-state index contributed by atoms with van der Waals surface area (Å²) in [4.78, 5) is 0. The summed E-state index contributed by atoms with van der Waals surface area (Å²) < 4.78 is 43.5. The second kappa shape index (κ2) is 15.1. The molecule has 7 heteroatoms. The Kier molecular flexibility index (Phi) is 11.4. The highest BCUT2D eigenvalue weighted by Crippen LogP contribution is 2.40. The maximum Gasteiger partial charge on any atom is 0.184 e. The number of hydrogen-bond donors (Lipinski definition) is 0. The van der Waals surface area contributed by atoms with Gasteiger partial charge in [0.25, 0.3) is 0 Å². The molecule has 7 nitrogen and oxygen atoms in total. The van der Waals surface area contributed by atoms with Crippen molar-refractivity contribution in [2.75, 3.05) is 20.3 Å². The van der Waals surface area contributed by atoms with Crippen LogP contribution in [-0.2, 0) is 35.0 Å². The fraction of sp³-hybridized carbons (Fsp3) is 0.676. The molecule has 3 saturated heterocycles. The molecule has 0 radical (unpaired) electrons. The largest absolute Gasteiger partial charge is 0.497 e. The fourth-order valence-electron chi connectivity index (χ4n) is 6.75. The summed E-state index contributed by atoms with van der Waals surface area (Å²) in [5.74, 6) is 0.689. The molecule has 3 aliphatic rings. The van der Waals surface area contributed by atoms with Crippen molar-refractivity contribution in [3.63, 3.8) is 0 Å². The van der Waals surface area contributed by atoms with Crippen LogP contribution in [0.1, 0.15) is 97.0 Å². The minimum atomic E-state index is -0.492. The molecular formula is C37H54O7. The maximum absolute atomic E-state index is 6.81. The van der Waals surface area contributed by atoms with E-state index in [0.29, 0.717) is 25.7 Å². The molecule has 2 aromatic carbocycles. The highest BCUT2D eigenvalue weighted by atomic mass is 16.7. The van der Waals surface area contributed by atoms with Gasteiger partial charge in [-0.05, 0) is 69.6 Å². The van der Waals surface area contributed by atoms with Crippen LogP contribution in [0.15, 0.2) is 54.6 Å². The lowest BCUT2D eigenvalue weighted by Crippen LogP contribution is -2.44. The number of rotatable bonds is 13. The highest BCUT2D eigenvalue weighted by molar-refractivity contribution is 5.28. The lowest BCUT2D eigenvalue weighted by Gasteiger charge is -2.43. The van der Waals surface area contributed by atoms with E-state index in [2.05, 4.69) is 45.0 Å². The summed E-state index contributed by atoms with van der Waals surface area (Å²) in [6.07, 6.45) is 7.12. The van der Waals surface area contributed by atoms with Crippen molar-refractivity contribution in [1.29, 1.82) is 0 Å². The molecule has 1 unspecified atom stereocenters. The Balaban J connectivity index is 1.19. The maximum atomic E-state index is 6.81. The molecule has 0 aliphatic carbocycles. The minimum absolute atomic E-state index is 0.0505. The molecule has 3 aliphatic heterocycles. The van der Waals surface area contributed by atoms with Gasteiger partial charge < -0.3 is 33.2 Å². The van der Waals surface area contributed by atoms with Crippen LogP contribution < -0.4 is 4.74 Å². The van der Waals surface area contributed by atoms with E-state index in [9.17, 15) is 0 Å². The number of methoxy groups -OCH3 is 1. The zero-order valence-corrected chi connectivity index (χ0v) is 27.7. The van der Waals surface area contributed by atoms with Crippen LogP contribution in [0.2, 0.25) is 0 Å². The highest BCUT2D eigenvalue weighted by Gasteiger charge is 2.40. The van der Waals surface area contributed by atoms with Gasteiger partial charge in [-0.25, -0.2) is 0 Å². The van der Waals surface area contributed by atoms with Crippen molar-refractivity contribution in [3.8, 4) is 5.75 Å². The average molecular weight is 611 g/mol. The molecule has 244 valence electrons. The van der Waals surface area contributed by atoms with Crippen LogP contribution in [0.3, 0.4) is 0 Å². The zero-order valence-electron chi connectivity index (χ0n) is 27.7. The predicted octanol–water partition coefficient (Wildman–Crippen LogP) is 8.01. The van der Waals surface area contributed by atoms with Crippen LogP contribution in [0.4, 0.5) is 0 Å². The van der Waals surface area contributed by atoms with Crippen molar-refractivity contribution >= 4 is 0 Å². The van der Waals surface area contributed by atoms with Gasteiger partial charge >= 0.3 is 0 Å². The number of ether oxygens (including phenoxy) is 7. The van der Waals surface area contributed by atoms with Crippen LogP contribution >= 0.6 is 0 Å². The van der Waals surface area contributed by atoms with E-state index < -0.39 is 12.1 Å². The van der Waals surface area contributed by atoms with Gasteiger partial charge in [0, 0.05) is 23.8 Å². The van der Waals surface area contributed by atoms with Crippen LogP contribution in [0.25, 0.3) is 0 Å². The standard InChI is InChI=1S/C37H54O7/c1-26(15-18-31-24-40-37(4,5)44-31)33-22-32(42-35(43-33)28-16-19-29(38-6)20-17-28)21-30-13-10-14-34(41-30)36(2,3)25-39-23-27-11-8-7-9-12-27/h7-9,11-12,16-17,19-20,26,30-35H,10,13-15,18,21-25H2,1-6H3/t26-,30-,31+,32-,33+,34+,35?/m0/s1. The molecule has 0 bridgehead atoms. The molecule has 0 amide bonds. The Bertz CT molecular complexity index is 1130. The second-order valence-corrected chi connectivity index (χ2v) is 14.2. The Morgan fingerprint density at radius 2 is 1.70 bits per heavy atom. The summed E-state index contributed by atoms with van der Waals surface area (Å²) >= 11 is 0. The van der Waals surface area contributed by atoms with E-state index in [0.717, 1.165) is 56.3 Å². The predicted molar refractivity (Wildman–Crippen MR) is 170 cm³/mol. The van der Waals surface area contributed by atoms with Crippen LogP contribution in [0.5, 0.6) is 5.75 Å². The van der Waals surface area contributed by atoms with Crippen molar-refractivity contribution in [1.82, 2.24) is 0 Å². The Hall–Kier alpha value is -2.00. The van der Waals surface area contributed by atoms with Crippen LogP contribution in [-0.4, -0.2) is 56.6 Å². The van der Waals surface area contributed by atoms with Gasteiger partial charge in [-0.15, -0.1) is 0 Å². The summed E-state index contributed by atoms with van der Waals surface area (Å²) in [7, 11) is 1.69. The topological polar surface area (TPSA) is 64.6 Å². The summed E-state index contributed by atoms with van der Waals surface area (Å²) in [5, 5.41) is 0. The van der Waals surface area contributed by atoms with Crippen LogP contribution in [0, 0.1) is 11.3 Å². The monoisotopic (exact) mass is 610 g/mol. The minimum Gasteiger partial charge on any atom is -0.497 e. The van der Waals surface area contributed by atoms with E-state index >= 15 is 0 Å². The van der Waals surface area contributed by atoms with Gasteiger partial charge in [-0.1, -0.05) is 63.2 Å². The van der Waals surface area contributed by atoms with E-state index in [4.69, 9.17) is 33.2 Å². The van der Waals surface area contributed by atoms with Gasteiger partial charge in [-0.2, -0.15) is 0 Å². The van der Waals surface area contributed by atoms with Crippen molar-refractivity contribution in [3.05, 3.63) is 65.7 Å². The number of benzene rings is 2. The first-order chi connectivity index (χ1) is 21.1. The van der Waals surface area contributed by atoms with Gasteiger partial charge in [0.2, 0.25) is 0 Å². The van der Waals surface area contributed by atoms with Crippen molar-refractivity contribution < 1.29 is 33.2 Å². The normalized spacial score (nSPS) is 29.8. The van der Waals surface area contributed by atoms with E-state index in [1.165, 1.54) is 5.56 Å². The third-order valence-electron chi connectivity index (χ3n) is 9.48. The molecule has 7 atom stereocenters. The Morgan fingerprint density at radius 1 is 0.932 bits per heavy atom. The first-order valence-electron chi connectivity index (χ1n) is 16.6.